The van der Waals surface area contributed by atoms with E-state index in [0.717, 1.165) is 41.7 Å². The molecular weight excluding hydrogens is 297 g/mol. The molecule has 94 valence electrons. The Labute approximate surface area is 113 Å². The first kappa shape index (κ1) is 11.9. The average Bonchev–Trinajstić information content (AvgIpc) is 2.40. The van der Waals surface area contributed by atoms with Crippen LogP contribution in [-0.4, -0.2) is 31.2 Å². The SMILES string of the molecule is Fc1cccc2c(N3CCNCC3)c(Br)cnc12. The van der Waals surface area contributed by atoms with Gasteiger partial charge < -0.3 is 10.2 Å². The fourth-order valence-corrected chi connectivity index (χ4v) is 2.93. The van der Waals surface area contributed by atoms with Gasteiger partial charge in [-0.25, -0.2) is 4.39 Å². The molecule has 1 saturated heterocycles. The predicted molar refractivity (Wildman–Crippen MR) is 74.5 cm³/mol. The second-order valence-corrected chi connectivity index (χ2v) is 5.18. The Bertz CT molecular complexity index is 582. The topological polar surface area (TPSA) is 28.2 Å². The molecule has 0 unspecified atom stereocenters. The van der Waals surface area contributed by atoms with Gasteiger partial charge in [0, 0.05) is 37.8 Å². The van der Waals surface area contributed by atoms with E-state index in [1.165, 1.54) is 6.07 Å². The highest BCUT2D eigenvalue weighted by atomic mass is 79.9. The van der Waals surface area contributed by atoms with Gasteiger partial charge in [-0.1, -0.05) is 12.1 Å². The Balaban J connectivity index is 2.19. The summed E-state index contributed by atoms with van der Waals surface area (Å²) in [5.41, 5.74) is 1.48. The van der Waals surface area contributed by atoms with E-state index in [2.05, 4.69) is 31.1 Å². The van der Waals surface area contributed by atoms with Gasteiger partial charge in [0.05, 0.1) is 10.2 Å². The first-order chi connectivity index (χ1) is 8.77. The van der Waals surface area contributed by atoms with Crippen LogP contribution in [0.1, 0.15) is 0 Å². The molecule has 3 rings (SSSR count). The number of rotatable bonds is 1. The first-order valence-electron chi connectivity index (χ1n) is 5.96. The van der Waals surface area contributed by atoms with E-state index in [-0.39, 0.29) is 5.82 Å². The van der Waals surface area contributed by atoms with E-state index in [0.29, 0.717) is 5.52 Å². The fourth-order valence-electron chi connectivity index (χ4n) is 2.36. The van der Waals surface area contributed by atoms with Crippen LogP contribution in [0.3, 0.4) is 0 Å². The lowest BCUT2D eigenvalue weighted by Gasteiger charge is -2.31. The summed E-state index contributed by atoms with van der Waals surface area (Å²) < 4.78 is 14.7. The number of para-hydroxylation sites is 1. The van der Waals surface area contributed by atoms with Crippen molar-refractivity contribution < 1.29 is 4.39 Å². The Hall–Kier alpha value is -1.20. The highest BCUT2D eigenvalue weighted by Gasteiger charge is 2.17. The first-order valence-corrected chi connectivity index (χ1v) is 6.75. The molecule has 1 aromatic heterocycles. The van der Waals surface area contributed by atoms with Gasteiger partial charge in [0.15, 0.2) is 0 Å². The number of fused-ring (bicyclic) bond motifs is 1. The van der Waals surface area contributed by atoms with Crippen molar-refractivity contribution in [2.45, 2.75) is 0 Å². The second kappa shape index (κ2) is 4.82. The van der Waals surface area contributed by atoms with Crippen molar-refractivity contribution in [2.75, 3.05) is 31.1 Å². The van der Waals surface area contributed by atoms with E-state index in [9.17, 15) is 4.39 Å². The lowest BCUT2D eigenvalue weighted by Crippen LogP contribution is -2.43. The zero-order chi connectivity index (χ0) is 12.5. The minimum atomic E-state index is -0.267. The van der Waals surface area contributed by atoms with E-state index >= 15 is 0 Å². The molecule has 1 N–H and O–H groups in total. The molecule has 0 amide bonds. The number of hydrogen-bond donors (Lipinski definition) is 1. The number of halogens is 2. The van der Waals surface area contributed by atoms with Crippen LogP contribution in [0, 0.1) is 5.82 Å². The van der Waals surface area contributed by atoms with Crippen molar-refractivity contribution in [2.24, 2.45) is 0 Å². The van der Waals surface area contributed by atoms with Gasteiger partial charge >= 0.3 is 0 Å². The minimum Gasteiger partial charge on any atom is -0.367 e. The normalized spacial score (nSPS) is 16.2. The van der Waals surface area contributed by atoms with Gasteiger partial charge in [0.25, 0.3) is 0 Å². The Morgan fingerprint density at radius 3 is 2.83 bits per heavy atom. The van der Waals surface area contributed by atoms with Crippen LogP contribution in [-0.2, 0) is 0 Å². The van der Waals surface area contributed by atoms with Gasteiger partial charge in [0.1, 0.15) is 11.3 Å². The van der Waals surface area contributed by atoms with Crippen LogP contribution in [0.2, 0.25) is 0 Å². The minimum absolute atomic E-state index is 0.267. The number of pyridine rings is 1. The number of anilines is 1. The molecule has 2 aromatic rings. The third-order valence-corrected chi connectivity index (χ3v) is 3.79. The zero-order valence-electron chi connectivity index (χ0n) is 9.79. The van der Waals surface area contributed by atoms with E-state index in [1.807, 2.05) is 6.07 Å². The molecule has 18 heavy (non-hydrogen) atoms. The molecular formula is C13H13BrFN3. The lowest BCUT2D eigenvalue weighted by molar-refractivity contribution is 0.589. The third-order valence-electron chi connectivity index (χ3n) is 3.21. The Morgan fingerprint density at radius 2 is 2.06 bits per heavy atom. The van der Waals surface area contributed by atoms with Crippen LogP contribution >= 0.6 is 15.9 Å². The second-order valence-electron chi connectivity index (χ2n) is 4.33. The van der Waals surface area contributed by atoms with Gasteiger partial charge in [-0.05, 0) is 22.0 Å². The van der Waals surface area contributed by atoms with Gasteiger partial charge in [0.2, 0.25) is 0 Å². The third kappa shape index (κ3) is 1.97. The largest absolute Gasteiger partial charge is 0.367 e. The fraction of sp³-hybridized carbons (Fsp3) is 0.308. The summed E-state index contributed by atoms with van der Waals surface area (Å²) in [5.74, 6) is -0.267. The number of benzene rings is 1. The number of aromatic nitrogens is 1. The molecule has 1 aliphatic heterocycles. The number of hydrogen-bond acceptors (Lipinski definition) is 3. The van der Waals surface area contributed by atoms with Crippen molar-refractivity contribution in [3.05, 3.63) is 34.7 Å². The number of nitrogens with zero attached hydrogens (tertiary/aromatic N) is 2. The van der Waals surface area contributed by atoms with E-state index in [1.54, 1.807) is 12.3 Å². The maximum atomic E-state index is 13.8. The molecule has 1 aromatic carbocycles. The summed E-state index contributed by atoms with van der Waals surface area (Å²) >= 11 is 3.53. The summed E-state index contributed by atoms with van der Waals surface area (Å²) in [5, 5.41) is 4.18. The maximum Gasteiger partial charge on any atom is 0.149 e. The predicted octanol–water partition coefficient (Wildman–Crippen LogP) is 2.55. The molecule has 0 bridgehead atoms. The van der Waals surface area contributed by atoms with Crippen molar-refractivity contribution in [1.82, 2.24) is 10.3 Å². The van der Waals surface area contributed by atoms with Crippen molar-refractivity contribution >= 4 is 32.5 Å². The van der Waals surface area contributed by atoms with E-state index < -0.39 is 0 Å². The molecule has 0 radical (unpaired) electrons. The van der Waals surface area contributed by atoms with Crippen LogP contribution in [0.4, 0.5) is 10.1 Å². The molecule has 0 atom stereocenters. The molecule has 3 nitrogen and oxygen atoms in total. The van der Waals surface area contributed by atoms with Crippen molar-refractivity contribution in [1.29, 1.82) is 0 Å². The standard InChI is InChI=1S/C13H13BrFN3/c14-10-8-17-12-9(2-1-3-11(12)15)13(10)18-6-4-16-5-7-18/h1-3,8,16H,4-7H2. The molecule has 1 fully saturated rings. The molecule has 2 heterocycles. The average molecular weight is 310 g/mol. The van der Waals surface area contributed by atoms with Crippen LogP contribution in [0.25, 0.3) is 10.9 Å². The highest BCUT2D eigenvalue weighted by Crippen LogP contribution is 2.34. The Morgan fingerprint density at radius 1 is 1.28 bits per heavy atom. The highest BCUT2D eigenvalue weighted by molar-refractivity contribution is 9.10. The van der Waals surface area contributed by atoms with E-state index in [4.69, 9.17) is 0 Å². The summed E-state index contributed by atoms with van der Waals surface area (Å²) in [6.07, 6.45) is 1.68. The van der Waals surface area contributed by atoms with Crippen molar-refractivity contribution in [3.63, 3.8) is 0 Å². The van der Waals surface area contributed by atoms with Crippen LogP contribution < -0.4 is 10.2 Å². The number of piperazine rings is 1. The summed E-state index contributed by atoms with van der Waals surface area (Å²) in [7, 11) is 0. The molecule has 5 heteroatoms. The molecule has 1 aliphatic rings. The molecule has 0 spiro atoms. The molecule has 0 saturated carbocycles. The van der Waals surface area contributed by atoms with Gasteiger partial charge in [-0.15, -0.1) is 0 Å². The number of nitrogens with one attached hydrogen (secondary N) is 1. The monoisotopic (exact) mass is 309 g/mol. The van der Waals surface area contributed by atoms with Crippen LogP contribution in [0.5, 0.6) is 0 Å². The van der Waals surface area contributed by atoms with Gasteiger partial charge in [-0.3, -0.25) is 4.98 Å². The molecule has 0 aliphatic carbocycles. The van der Waals surface area contributed by atoms with Crippen LogP contribution in [0.15, 0.2) is 28.9 Å². The Kier molecular flexibility index (Phi) is 3.18. The maximum absolute atomic E-state index is 13.8. The van der Waals surface area contributed by atoms with Gasteiger partial charge in [-0.2, -0.15) is 0 Å². The quantitative estimate of drug-likeness (QED) is 0.877. The summed E-state index contributed by atoms with van der Waals surface area (Å²) in [6.45, 7) is 3.75. The summed E-state index contributed by atoms with van der Waals surface area (Å²) in [6, 6.07) is 5.11. The van der Waals surface area contributed by atoms with Crippen molar-refractivity contribution in [3.8, 4) is 0 Å². The zero-order valence-corrected chi connectivity index (χ0v) is 11.4. The smallest absolute Gasteiger partial charge is 0.149 e. The lowest BCUT2D eigenvalue weighted by atomic mass is 10.1. The summed E-state index contributed by atoms with van der Waals surface area (Å²) in [4.78, 5) is 6.44.